The van der Waals surface area contributed by atoms with Gasteiger partial charge in [0, 0.05) is 6.20 Å². The molecule has 0 aliphatic heterocycles. The number of aromatic carboxylic acids is 1. The summed E-state index contributed by atoms with van der Waals surface area (Å²) >= 11 is 0. The molecule has 0 amide bonds. The Balaban J connectivity index is 0.000000791. The molecule has 0 saturated carbocycles. The van der Waals surface area contributed by atoms with E-state index >= 15 is 0 Å². The molecule has 1 rings (SSSR count). The van der Waals surface area contributed by atoms with E-state index in [1.54, 1.807) is 0 Å². The van der Waals surface area contributed by atoms with Gasteiger partial charge in [-0.1, -0.05) is 13.8 Å². The molecule has 0 saturated heterocycles. The number of hydrogen-bond acceptors (Lipinski definition) is 3. The first-order valence-corrected chi connectivity index (χ1v) is 3.94. The van der Waals surface area contributed by atoms with Gasteiger partial charge in [-0.25, -0.2) is 23.5 Å². The highest BCUT2D eigenvalue weighted by atomic mass is 19.3. The van der Waals surface area contributed by atoms with Gasteiger partial charge in [-0.05, 0) is 0 Å². The molecule has 0 aromatic carbocycles. The maximum atomic E-state index is 12.0. The van der Waals surface area contributed by atoms with Crippen LogP contribution < -0.4 is 0 Å². The Hall–Kier alpha value is -1.59. The molecule has 6 heteroatoms. The van der Waals surface area contributed by atoms with E-state index in [9.17, 15) is 13.6 Å². The summed E-state index contributed by atoms with van der Waals surface area (Å²) < 4.78 is 24.1. The van der Waals surface area contributed by atoms with Crippen molar-refractivity contribution >= 4 is 5.97 Å². The highest BCUT2D eigenvalue weighted by Crippen LogP contribution is 2.18. The highest BCUT2D eigenvalue weighted by molar-refractivity contribution is 5.88. The van der Waals surface area contributed by atoms with E-state index < -0.39 is 23.7 Å². The van der Waals surface area contributed by atoms with Gasteiger partial charge in [-0.15, -0.1) is 0 Å². The van der Waals surface area contributed by atoms with Crippen molar-refractivity contribution in [3.8, 4) is 0 Å². The number of nitrogens with zero attached hydrogens (tertiary/aromatic N) is 2. The number of rotatable bonds is 2. The Morgan fingerprint density at radius 3 is 2.43 bits per heavy atom. The van der Waals surface area contributed by atoms with Crippen LogP contribution in [0.1, 0.15) is 36.3 Å². The predicted molar refractivity (Wildman–Crippen MR) is 45.3 cm³/mol. The Morgan fingerprint density at radius 1 is 1.50 bits per heavy atom. The first kappa shape index (κ1) is 12.4. The minimum absolute atomic E-state index is 0.562. The average molecular weight is 204 g/mol. The number of carbonyl (C=O) groups is 1. The largest absolute Gasteiger partial charge is 0.478 e. The predicted octanol–water partition coefficient (Wildman–Crippen LogP) is 2.14. The van der Waals surface area contributed by atoms with Crippen LogP contribution in [0.25, 0.3) is 0 Å². The second-order valence-electron chi connectivity index (χ2n) is 1.93. The van der Waals surface area contributed by atoms with E-state index in [-0.39, 0.29) is 0 Å². The normalized spacial score (nSPS) is 9.21. The molecule has 0 bridgehead atoms. The second kappa shape index (κ2) is 5.95. The standard InChI is InChI=1S/C6H4F2N2O2.C2H6/c7-5(8)4-3(6(11)12)1-9-2-10-4;1-2/h1-2,5H,(H,11,12);1-2H3. The number of hydrogen-bond donors (Lipinski definition) is 1. The molecule has 0 unspecified atom stereocenters. The third kappa shape index (κ3) is 3.04. The fourth-order valence-corrected chi connectivity index (χ4v) is 0.678. The molecule has 0 atom stereocenters. The lowest BCUT2D eigenvalue weighted by Crippen LogP contribution is -2.05. The maximum Gasteiger partial charge on any atom is 0.339 e. The van der Waals surface area contributed by atoms with Crippen molar-refractivity contribution in [1.29, 1.82) is 0 Å². The summed E-state index contributed by atoms with van der Waals surface area (Å²) in [5, 5.41) is 8.40. The van der Waals surface area contributed by atoms with Gasteiger partial charge in [0.1, 0.15) is 17.6 Å². The van der Waals surface area contributed by atoms with Crippen LogP contribution >= 0.6 is 0 Å². The first-order valence-electron chi connectivity index (χ1n) is 3.94. The van der Waals surface area contributed by atoms with Gasteiger partial charge in [0.05, 0.1) is 0 Å². The minimum atomic E-state index is -2.89. The minimum Gasteiger partial charge on any atom is -0.478 e. The number of aromatic nitrogens is 2. The molecule has 0 aliphatic rings. The monoisotopic (exact) mass is 204 g/mol. The molecule has 1 heterocycles. The molecular formula is C8H10F2N2O2. The number of alkyl halides is 2. The van der Waals surface area contributed by atoms with Gasteiger partial charge in [0.2, 0.25) is 0 Å². The van der Waals surface area contributed by atoms with Crippen molar-refractivity contribution in [3.63, 3.8) is 0 Å². The number of halogens is 2. The highest BCUT2D eigenvalue weighted by Gasteiger charge is 2.18. The van der Waals surface area contributed by atoms with E-state index in [0.717, 1.165) is 12.5 Å². The van der Waals surface area contributed by atoms with Gasteiger partial charge < -0.3 is 5.11 Å². The van der Waals surface area contributed by atoms with Gasteiger partial charge in [-0.2, -0.15) is 0 Å². The van der Waals surface area contributed by atoms with Crippen molar-refractivity contribution in [1.82, 2.24) is 9.97 Å². The molecule has 0 spiro atoms. The van der Waals surface area contributed by atoms with Crippen molar-refractivity contribution in [2.24, 2.45) is 0 Å². The zero-order valence-corrected chi connectivity index (χ0v) is 7.74. The van der Waals surface area contributed by atoms with Crippen LogP contribution in [-0.2, 0) is 0 Å². The second-order valence-corrected chi connectivity index (χ2v) is 1.93. The lowest BCUT2D eigenvalue weighted by atomic mass is 10.2. The number of carboxylic acids is 1. The zero-order valence-electron chi connectivity index (χ0n) is 7.74. The molecule has 14 heavy (non-hydrogen) atoms. The SMILES string of the molecule is CC.O=C(O)c1cncnc1C(F)F. The third-order valence-corrected chi connectivity index (χ3v) is 1.18. The summed E-state index contributed by atoms with van der Waals surface area (Å²) in [6.45, 7) is 4.00. The Bertz CT molecular complexity index is 305. The van der Waals surface area contributed by atoms with Crippen molar-refractivity contribution in [2.75, 3.05) is 0 Å². The van der Waals surface area contributed by atoms with Gasteiger partial charge >= 0.3 is 5.97 Å². The molecule has 4 nitrogen and oxygen atoms in total. The third-order valence-electron chi connectivity index (χ3n) is 1.18. The summed E-state index contributed by atoms with van der Waals surface area (Å²) in [5.41, 5.74) is -1.31. The van der Waals surface area contributed by atoms with Crippen molar-refractivity contribution < 1.29 is 18.7 Å². The first-order chi connectivity index (χ1) is 6.63. The lowest BCUT2D eigenvalue weighted by Gasteiger charge is -2.00. The van der Waals surface area contributed by atoms with Crippen LogP contribution in [0.15, 0.2) is 12.5 Å². The maximum absolute atomic E-state index is 12.0. The van der Waals surface area contributed by atoms with E-state index in [2.05, 4.69) is 9.97 Å². The van der Waals surface area contributed by atoms with Crippen LogP contribution in [-0.4, -0.2) is 21.0 Å². The van der Waals surface area contributed by atoms with Gasteiger partial charge in [-0.3, -0.25) is 0 Å². The summed E-state index contributed by atoms with van der Waals surface area (Å²) in [4.78, 5) is 16.8. The van der Waals surface area contributed by atoms with E-state index in [1.807, 2.05) is 13.8 Å². The van der Waals surface area contributed by atoms with Crippen LogP contribution in [0.4, 0.5) is 8.78 Å². The Morgan fingerprint density at radius 2 is 2.07 bits per heavy atom. The molecule has 1 N–H and O–H groups in total. The fraction of sp³-hybridized carbons (Fsp3) is 0.375. The van der Waals surface area contributed by atoms with E-state index in [0.29, 0.717) is 0 Å². The van der Waals surface area contributed by atoms with Crippen molar-refractivity contribution in [2.45, 2.75) is 20.3 Å². The van der Waals surface area contributed by atoms with Crippen LogP contribution in [0.5, 0.6) is 0 Å². The summed E-state index contributed by atoms with van der Waals surface area (Å²) in [6.07, 6.45) is -1.16. The summed E-state index contributed by atoms with van der Waals surface area (Å²) in [7, 11) is 0. The zero-order chi connectivity index (χ0) is 11.1. The summed E-state index contributed by atoms with van der Waals surface area (Å²) in [5.74, 6) is -1.45. The molecule has 1 aromatic rings. The molecule has 1 aromatic heterocycles. The van der Waals surface area contributed by atoms with Gasteiger partial charge in [0.15, 0.2) is 0 Å². The van der Waals surface area contributed by atoms with Crippen LogP contribution in [0.3, 0.4) is 0 Å². The Kier molecular flexibility index (Phi) is 5.28. The molecule has 78 valence electrons. The smallest absolute Gasteiger partial charge is 0.339 e. The summed E-state index contributed by atoms with van der Waals surface area (Å²) in [6, 6.07) is 0. The van der Waals surface area contributed by atoms with Crippen LogP contribution in [0, 0.1) is 0 Å². The Labute approximate surface area is 79.6 Å². The molecule has 0 aliphatic carbocycles. The average Bonchev–Trinajstić information content (AvgIpc) is 2.20. The van der Waals surface area contributed by atoms with E-state index in [4.69, 9.17) is 5.11 Å². The fourth-order valence-electron chi connectivity index (χ4n) is 0.678. The van der Waals surface area contributed by atoms with Crippen molar-refractivity contribution in [3.05, 3.63) is 23.8 Å². The topological polar surface area (TPSA) is 63.1 Å². The van der Waals surface area contributed by atoms with Gasteiger partial charge in [0.25, 0.3) is 6.43 Å². The molecular weight excluding hydrogens is 194 g/mol. The van der Waals surface area contributed by atoms with Crippen LogP contribution in [0.2, 0.25) is 0 Å². The molecule has 0 fully saturated rings. The lowest BCUT2D eigenvalue weighted by molar-refractivity contribution is 0.0681. The molecule has 0 radical (unpaired) electrons. The quantitative estimate of drug-likeness (QED) is 0.801. The van der Waals surface area contributed by atoms with E-state index in [1.165, 1.54) is 0 Å². The number of carboxylic acid groups (broad SMARTS) is 1.